The lowest BCUT2D eigenvalue weighted by molar-refractivity contribution is 0.308. The Morgan fingerprint density at radius 2 is 1.77 bits per heavy atom. The Morgan fingerprint density at radius 3 is 2.15 bits per heavy atom. The molecule has 1 atom stereocenters. The molecule has 0 fully saturated rings. The van der Waals surface area contributed by atoms with Gasteiger partial charge in [0.15, 0.2) is 0 Å². The van der Waals surface area contributed by atoms with Crippen LogP contribution in [0.15, 0.2) is 0 Å². The van der Waals surface area contributed by atoms with E-state index in [0.29, 0.717) is 0 Å². The minimum atomic E-state index is -2.48. The summed E-state index contributed by atoms with van der Waals surface area (Å²) >= 11 is 0. The van der Waals surface area contributed by atoms with E-state index in [9.17, 15) is 4.80 Å². The minimum Gasteiger partial charge on any atom is -0.434 e. The molecular weight excluding hydrogens is 200 g/mol. The average molecular weight is 222 g/mol. The Labute approximate surface area is 83.1 Å². The molecular formula is C8H22O3Si2. The highest BCUT2D eigenvalue weighted by Crippen LogP contribution is 2.17. The van der Waals surface area contributed by atoms with Crippen LogP contribution in [0.2, 0.25) is 25.7 Å². The monoisotopic (exact) mass is 222 g/mol. The van der Waals surface area contributed by atoms with Crippen molar-refractivity contribution < 1.29 is 14.0 Å². The molecule has 1 unspecified atom stereocenters. The Hall–Kier alpha value is 0.314. The third-order valence-electron chi connectivity index (χ3n) is 1.87. The molecule has 2 N–H and O–H groups in total. The van der Waals surface area contributed by atoms with Gasteiger partial charge in [-0.3, -0.25) is 0 Å². The van der Waals surface area contributed by atoms with Gasteiger partial charge < -0.3 is 14.0 Å². The van der Waals surface area contributed by atoms with Gasteiger partial charge in [0.25, 0.3) is 0 Å². The molecule has 0 saturated carbocycles. The number of aliphatic hydroxyl groups is 1. The Morgan fingerprint density at radius 1 is 1.23 bits per heavy atom. The van der Waals surface area contributed by atoms with Gasteiger partial charge in [-0.1, -0.05) is 19.8 Å². The standard InChI is InChI=1S/C8H22O3Si2/c1-5-6-7-13(4,10)11-12(2,3)8-9/h9-10H,5-8H2,1-4H3. The molecule has 13 heavy (non-hydrogen) atoms. The Kier molecular flexibility index (Phi) is 5.38. The zero-order chi connectivity index (χ0) is 10.5. The van der Waals surface area contributed by atoms with E-state index in [0.717, 1.165) is 18.9 Å². The summed E-state index contributed by atoms with van der Waals surface area (Å²) in [6, 6.07) is 0.778. The van der Waals surface area contributed by atoms with Crippen molar-refractivity contribution in [1.29, 1.82) is 0 Å². The molecule has 0 aromatic rings. The molecule has 0 saturated heterocycles. The molecule has 0 aromatic carbocycles. The van der Waals surface area contributed by atoms with Crippen LogP contribution in [0.4, 0.5) is 0 Å². The number of hydrogen-bond acceptors (Lipinski definition) is 3. The van der Waals surface area contributed by atoms with E-state index >= 15 is 0 Å². The van der Waals surface area contributed by atoms with Gasteiger partial charge in [-0.05, 0) is 25.7 Å². The molecule has 0 radical (unpaired) electrons. The molecule has 0 bridgehead atoms. The lowest BCUT2D eigenvalue weighted by atomic mass is 10.4. The molecule has 0 aliphatic rings. The third kappa shape index (κ3) is 6.39. The van der Waals surface area contributed by atoms with Crippen LogP contribution in [0.1, 0.15) is 19.8 Å². The van der Waals surface area contributed by atoms with E-state index in [1.54, 1.807) is 0 Å². The van der Waals surface area contributed by atoms with Crippen molar-refractivity contribution >= 4 is 16.9 Å². The first-order valence-corrected chi connectivity index (χ1v) is 10.5. The maximum atomic E-state index is 9.95. The van der Waals surface area contributed by atoms with Gasteiger partial charge in [0.1, 0.15) is 0 Å². The van der Waals surface area contributed by atoms with Crippen LogP contribution in [0.25, 0.3) is 0 Å². The highest BCUT2D eigenvalue weighted by molar-refractivity contribution is 6.82. The van der Waals surface area contributed by atoms with E-state index < -0.39 is 16.9 Å². The van der Waals surface area contributed by atoms with Crippen molar-refractivity contribution in [3.05, 3.63) is 0 Å². The van der Waals surface area contributed by atoms with E-state index in [4.69, 9.17) is 9.22 Å². The van der Waals surface area contributed by atoms with Gasteiger partial charge in [0.05, 0.1) is 6.23 Å². The molecule has 5 heteroatoms. The number of hydrogen-bond donors (Lipinski definition) is 2. The maximum absolute atomic E-state index is 9.95. The van der Waals surface area contributed by atoms with Crippen LogP contribution in [0, 0.1) is 0 Å². The molecule has 0 heterocycles. The van der Waals surface area contributed by atoms with Crippen LogP contribution >= 0.6 is 0 Å². The summed E-state index contributed by atoms with van der Waals surface area (Å²) in [4.78, 5) is 9.95. The summed E-state index contributed by atoms with van der Waals surface area (Å²) in [6.07, 6.45) is 2.17. The van der Waals surface area contributed by atoms with Crippen LogP contribution in [0.5, 0.6) is 0 Å². The van der Waals surface area contributed by atoms with Crippen molar-refractivity contribution in [3.8, 4) is 0 Å². The zero-order valence-corrected chi connectivity index (χ0v) is 11.1. The fourth-order valence-electron chi connectivity index (χ4n) is 1.18. The molecule has 0 aliphatic heterocycles. The van der Waals surface area contributed by atoms with E-state index in [-0.39, 0.29) is 6.23 Å². The second kappa shape index (κ2) is 5.26. The molecule has 0 rings (SSSR count). The summed E-state index contributed by atoms with van der Waals surface area (Å²) in [5, 5.41) is 9.03. The lowest BCUT2D eigenvalue weighted by Gasteiger charge is -2.30. The molecule has 80 valence electrons. The van der Waals surface area contributed by atoms with Gasteiger partial charge in [-0.2, -0.15) is 0 Å². The summed E-state index contributed by atoms with van der Waals surface area (Å²) in [5.41, 5.74) is 0. The van der Waals surface area contributed by atoms with Gasteiger partial charge >= 0.3 is 8.56 Å². The number of aliphatic hydroxyl groups excluding tert-OH is 1. The smallest absolute Gasteiger partial charge is 0.322 e. The molecule has 3 nitrogen and oxygen atoms in total. The zero-order valence-electron chi connectivity index (χ0n) is 9.13. The van der Waals surface area contributed by atoms with Gasteiger partial charge in [0, 0.05) is 0 Å². The summed E-state index contributed by atoms with van der Waals surface area (Å²) in [7, 11) is -4.47. The summed E-state index contributed by atoms with van der Waals surface area (Å²) in [5.74, 6) is 0. The van der Waals surface area contributed by atoms with Gasteiger partial charge in [0.2, 0.25) is 8.32 Å². The van der Waals surface area contributed by atoms with Crippen LogP contribution < -0.4 is 0 Å². The molecule has 0 aromatic heterocycles. The maximum Gasteiger partial charge on any atom is 0.322 e. The predicted molar refractivity (Wildman–Crippen MR) is 59.2 cm³/mol. The van der Waals surface area contributed by atoms with Crippen LogP contribution in [-0.4, -0.2) is 33.0 Å². The lowest BCUT2D eigenvalue weighted by Crippen LogP contribution is -2.49. The third-order valence-corrected chi connectivity index (χ3v) is 7.88. The second-order valence-electron chi connectivity index (χ2n) is 4.30. The van der Waals surface area contributed by atoms with E-state index in [1.165, 1.54) is 0 Å². The highest BCUT2D eigenvalue weighted by atomic mass is 28.4. The SMILES string of the molecule is CCCC[Si](C)(O)O[Si](C)(C)CO. The quantitative estimate of drug-likeness (QED) is 0.671. The van der Waals surface area contributed by atoms with Crippen molar-refractivity contribution in [1.82, 2.24) is 0 Å². The fraction of sp³-hybridized carbons (Fsp3) is 1.00. The fourth-order valence-corrected chi connectivity index (χ4v) is 7.62. The van der Waals surface area contributed by atoms with E-state index in [1.807, 2.05) is 19.6 Å². The summed E-state index contributed by atoms with van der Waals surface area (Å²) in [6.45, 7) is 7.77. The Balaban J connectivity index is 4.00. The minimum absolute atomic E-state index is 0.0856. The largest absolute Gasteiger partial charge is 0.434 e. The first kappa shape index (κ1) is 13.3. The molecule has 0 spiro atoms. The topological polar surface area (TPSA) is 49.7 Å². The highest BCUT2D eigenvalue weighted by Gasteiger charge is 2.34. The van der Waals surface area contributed by atoms with Crippen molar-refractivity contribution in [3.63, 3.8) is 0 Å². The molecule has 0 aliphatic carbocycles. The van der Waals surface area contributed by atoms with Gasteiger partial charge in [-0.25, -0.2) is 0 Å². The Bertz CT molecular complexity index is 148. The molecule has 0 amide bonds. The average Bonchev–Trinajstić information content (AvgIpc) is 1.99. The number of rotatable bonds is 6. The van der Waals surface area contributed by atoms with Crippen molar-refractivity contribution in [2.45, 2.75) is 45.5 Å². The van der Waals surface area contributed by atoms with Gasteiger partial charge in [-0.15, -0.1) is 0 Å². The summed E-state index contributed by atoms with van der Waals surface area (Å²) < 4.78 is 5.66. The first-order valence-electron chi connectivity index (χ1n) is 4.86. The first-order chi connectivity index (χ1) is 5.83. The van der Waals surface area contributed by atoms with Crippen LogP contribution in [-0.2, 0) is 4.12 Å². The van der Waals surface area contributed by atoms with Crippen molar-refractivity contribution in [2.24, 2.45) is 0 Å². The second-order valence-corrected chi connectivity index (χ2v) is 11.8. The van der Waals surface area contributed by atoms with E-state index in [2.05, 4.69) is 6.92 Å². The normalized spacial score (nSPS) is 17.1. The predicted octanol–water partition coefficient (Wildman–Crippen LogP) is 1.60. The van der Waals surface area contributed by atoms with Crippen LogP contribution in [0.3, 0.4) is 0 Å². The van der Waals surface area contributed by atoms with Crippen molar-refractivity contribution in [2.75, 3.05) is 6.23 Å². The number of unbranched alkanes of at least 4 members (excludes halogenated alkanes) is 1.